The van der Waals surface area contributed by atoms with E-state index in [1.165, 1.54) is 19.3 Å². The average Bonchev–Trinajstić information content (AvgIpc) is 2.25. The van der Waals surface area contributed by atoms with Gasteiger partial charge in [-0.25, -0.2) is 0 Å². The van der Waals surface area contributed by atoms with Crippen molar-refractivity contribution in [2.24, 2.45) is 0 Å². The van der Waals surface area contributed by atoms with E-state index in [4.69, 9.17) is 5.26 Å². The minimum absolute atomic E-state index is 0.0595. The Labute approximate surface area is 93.5 Å². The summed E-state index contributed by atoms with van der Waals surface area (Å²) in [6, 6.07) is 3.50. The number of nitrogens with one attached hydrogen (secondary N) is 1. The molecule has 1 saturated heterocycles. The molecular weight excluding hydrogens is 186 g/mol. The second-order valence-corrected chi connectivity index (χ2v) is 4.76. The minimum atomic E-state index is 0.0595. The molecule has 1 rings (SSSR count). The van der Waals surface area contributed by atoms with Crippen LogP contribution in [0.25, 0.3) is 0 Å². The van der Waals surface area contributed by atoms with Crippen LogP contribution >= 0.6 is 0 Å². The summed E-state index contributed by atoms with van der Waals surface area (Å²) < 4.78 is 0. The minimum Gasteiger partial charge on any atom is -0.313 e. The van der Waals surface area contributed by atoms with E-state index in [-0.39, 0.29) is 6.04 Å². The van der Waals surface area contributed by atoms with Crippen molar-refractivity contribution >= 4 is 0 Å². The molecule has 0 spiro atoms. The van der Waals surface area contributed by atoms with Crippen LogP contribution in [-0.4, -0.2) is 36.1 Å². The number of hydrogen-bond acceptors (Lipinski definition) is 3. The molecule has 2 unspecified atom stereocenters. The Morgan fingerprint density at radius 3 is 2.73 bits per heavy atom. The zero-order chi connectivity index (χ0) is 11.3. The standard InChI is InChI=1S/C12H23N3/c1-10(2)14-9-12-6-4-5-7-15(12)11(3)8-13/h10-12,14H,4-7,9H2,1-3H3. The highest BCUT2D eigenvalue weighted by Crippen LogP contribution is 2.18. The fourth-order valence-corrected chi connectivity index (χ4v) is 2.20. The van der Waals surface area contributed by atoms with Gasteiger partial charge in [-0.3, -0.25) is 4.90 Å². The van der Waals surface area contributed by atoms with Crippen molar-refractivity contribution in [3.8, 4) is 6.07 Å². The van der Waals surface area contributed by atoms with E-state index in [0.717, 1.165) is 13.1 Å². The van der Waals surface area contributed by atoms with Crippen molar-refractivity contribution in [2.45, 2.75) is 58.2 Å². The molecule has 0 saturated carbocycles. The van der Waals surface area contributed by atoms with Crippen LogP contribution in [-0.2, 0) is 0 Å². The van der Waals surface area contributed by atoms with Gasteiger partial charge in [0.05, 0.1) is 12.1 Å². The molecule has 0 aromatic rings. The van der Waals surface area contributed by atoms with E-state index in [0.29, 0.717) is 12.1 Å². The first-order valence-electron chi connectivity index (χ1n) is 6.04. The molecule has 0 aromatic carbocycles. The Kier molecular flexibility index (Phi) is 5.07. The summed E-state index contributed by atoms with van der Waals surface area (Å²) >= 11 is 0. The number of hydrogen-bond donors (Lipinski definition) is 1. The lowest BCUT2D eigenvalue weighted by Crippen LogP contribution is -2.50. The lowest BCUT2D eigenvalue weighted by atomic mass is 10.00. The molecule has 1 fully saturated rings. The van der Waals surface area contributed by atoms with Gasteiger partial charge in [-0.2, -0.15) is 5.26 Å². The first kappa shape index (κ1) is 12.5. The van der Waals surface area contributed by atoms with Crippen molar-refractivity contribution in [3.05, 3.63) is 0 Å². The number of rotatable bonds is 4. The lowest BCUT2D eigenvalue weighted by Gasteiger charge is -2.37. The largest absolute Gasteiger partial charge is 0.313 e. The fraction of sp³-hybridized carbons (Fsp3) is 0.917. The molecule has 0 aliphatic carbocycles. The summed E-state index contributed by atoms with van der Waals surface area (Å²) in [6.45, 7) is 8.44. The smallest absolute Gasteiger partial charge is 0.0952 e. The third-order valence-corrected chi connectivity index (χ3v) is 3.12. The first-order chi connectivity index (χ1) is 7.15. The highest BCUT2D eigenvalue weighted by molar-refractivity contribution is 4.93. The summed E-state index contributed by atoms with van der Waals surface area (Å²) in [5.41, 5.74) is 0. The second-order valence-electron chi connectivity index (χ2n) is 4.76. The fourth-order valence-electron chi connectivity index (χ4n) is 2.20. The van der Waals surface area contributed by atoms with E-state index in [2.05, 4.69) is 30.1 Å². The molecule has 0 amide bonds. The zero-order valence-electron chi connectivity index (χ0n) is 10.2. The highest BCUT2D eigenvalue weighted by Gasteiger charge is 2.25. The van der Waals surface area contributed by atoms with Gasteiger partial charge in [0.1, 0.15) is 0 Å². The Hall–Kier alpha value is -0.590. The van der Waals surface area contributed by atoms with Gasteiger partial charge in [0.15, 0.2) is 0 Å². The van der Waals surface area contributed by atoms with Gasteiger partial charge >= 0.3 is 0 Å². The molecule has 0 aromatic heterocycles. The predicted molar refractivity (Wildman–Crippen MR) is 62.6 cm³/mol. The Morgan fingerprint density at radius 2 is 2.13 bits per heavy atom. The molecule has 3 nitrogen and oxygen atoms in total. The molecule has 0 bridgehead atoms. The van der Waals surface area contributed by atoms with Crippen LogP contribution in [0.15, 0.2) is 0 Å². The van der Waals surface area contributed by atoms with Gasteiger partial charge < -0.3 is 5.32 Å². The van der Waals surface area contributed by atoms with E-state index in [9.17, 15) is 0 Å². The molecule has 1 N–H and O–H groups in total. The van der Waals surface area contributed by atoms with E-state index < -0.39 is 0 Å². The van der Waals surface area contributed by atoms with Gasteiger partial charge in [0.25, 0.3) is 0 Å². The summed E-state index contributed by atoms with van der Waals surface area (Å²) in [7, 11) is 0. The highest BCUT2D eigenvalue weighted by atomic mass is 15.2. The molecule has 1 aliphatic rings. The van der Waals surface area contributed by atoms with Gasteiger partial charge in [-0.05, 0) is 26.3 Å². The van der Waals surface area contributed by atoms with Gasteiger partial charge in [0, 0.05) is 18.6 Å². The lowest BCUT2D eigenvalue weighted by molar-refractivity contribution is 0.124. The van der Waals surface area contributed by atoms with Crippen molar-refractivity contribution in [2.75, 3.05) is 13.1 Å². The van der Waals surface area contributed by atoms with Crippen LogP contribution < -0.4 is 5.32 Å². The maximum absolute atomic E-state index is 8.97. The molecule has 15 heavy (non-hydrogen) atoms. The number of nitriles is 1. The second kappa shape index (κ2) is 6.09. The molecule has 2 atom stereocenters. The molecule has 1 aliphatic heterocycles. The number of likely N-dealkylation sites (tertiary alicyclic amines) is 1. The van der Waals surface area contributed by atoms with E-state index in [1.807, 2.05) is 6.92 Å². The van der Waals surface area contributed by atoms with E-state index >= 15 is 0 Å². The van der Waals surface area contributed by atoms with Crippen LogP contribution in [0.5, 0.6) is 0 Å². The average molecular weight is 209 g/mol. The molecule has 0 radical (unpaired) electrons. The van der Waals surface area contributed by atoms with Crippen molar-refractivity contribution in [1.29, 1.82) is 5.26 Å². The third-order valence-electron chi connectivity index (χ3n) is 3.12. The zero-order valence-corrected chi connectivity index (χ0v) is 10.2. The van der Waals surface area contributed by atoms with Gasteiger partial charge in [-0.15, -0.1) is 0 Å². The molecule has 1 heterocycles. The van der Waals surface area contributed by atoms with Crippen molar-refractivity contribution in [1.82, 2.24) is 10.2 Å². The van der Waals surface area contributed by atoms with Crippen LogP contribution in [0.4, 0.5) is 0 Å². The van der Waals surface area contributed by atoms with E-state index in [1.54, 1.807) is 0 Å². The molecular formula is C12H23N3. The van der Waals surface area contributed by atoms with Crippen LogP contribution in [0.3, 0.4) is 0 Å². The summed E-state index contributed by atoms with van der Waals surface area (Å²) in [6.07, 6.45) is 3.77. The van der Waals surface area contributed by atoms with Gasteiger partial charge in [-0.1, -0.05) is 20.3 Å². The van der Waals surface area contributed by atoms with Crippen molar-refractivity contribution < 1.29 is 0 Å². The Bertz CT molecular complexity index is 219. The topological polar surface area (TPSA) is 39.1 Å². The number of nitrogens with zero attached hydrogens (tertiary/aromatic N) is 2. The van der Waals surface area contributed by atoms with Crippen LogP contribution in [0, 0.1) is 11.3 Å². The summed E-state index contributed by atoms with van der Waals surface area (Å²) in [5, 5.41) is 12.4. The maximum atomic E-state index is 8.97. The Morgan fingerprint density at radius 1 is 1.40 bits per heavy atom. The predicted octanol–water partition coefficient (Wildman–Crippen LogP) is 1.75. The Balaban J connectivity index is 2.47. The van der Waals surface area contributed by atoms with Crippen molar-refractivity contribution in [3.63, 3.8) is 0 Å². The van der Waals surface area contributed by atoms with Gasteiger partial charge in [0.2, 0.25) is 0 Å². The molecule has 3 heteroatoms. The van der Waals surface area contributed by atoms with Crippen LogP contribution in [0.1, 0.15) is 40.0 Å². The third kappa shape index (κ3) is 3.81. The quantitative estimate of drug-likeness (QED) is 0.766. The summed E-state index contributed by atoms with van der Waals surface area (Å²) in [4.78, 5) is 2.35. The number of piperidine rings is 1. The summed E-state index contributed by atoms with van der Waals surface area (Å²) in [5.74, 6) is 0. The first-order valence-corrected chi connectivity index (χ1v) is 6.04. The maximum Gasteiger partial charge on any atom is 0.0952 e. The molecule has 86 valence electrons. The normalized spacial score (nSPS) is 25.1. The van der Waals surface area contributed by atoms with Crippen LogP contribution in [0.2, 0.25) is 0 Å². The monoisotopic (exact) mass is 209 g/mol. The SMILES string of the molecule is CC(C)NCC1CCCCN1C(C)C#N.